The Morgan fingerprint density at radius 2 is 1.17 bits per heavy atom. The first-order valence-corrected chi connectivity index (χ1v) is 20.4. The minimum Gasteiger partial charge on any atom is -0.487 e. The first kappa shape index (κ1) is 43.2. The van der Waals surface area contributed by atoms with Crippen molar-refractivity contribution < 1.29 is 42.1 Å². The number of halogens is 2. The molecule has 0 spiro atoms. The summed E-state index contributed by atoms with van der Waals surface area (Å²) in [5.74, 6) is -5.85. The third kappa shape index (κ3) is 12.6. The molecule has 310 valence electrons. The molecule has 9 heteroatoms. The highest BCUT2D eigenvalue weighted by atomic mass is 19.3. The maximum Gasteiger partial charge on any atom is 0.338 e. The quantitative estimate of drug-likeness (QED) is 0.0377. The van der Waals surface area contributed by atoms with Gasteiger partial charge in [-0.2, -0.15) is 8.78 Å². The maximum atomic E-state index is 15.5. The zero-order valence-corrected chi connectivity index (χ0v) is 33.8. The summed E-state index contributed by atoms with van der Waals surface area (Å²) >= 11 is 0. The number of unbranched alkanes of at least 4 members (excludes halogenated alkanes) is 1. The molecule has 0 amide bonds. The molecule has 0 aliphatic heterocycles. The highest BCUT2D eigenvalue weighted by Crippen LogP contribution is 2.41. The molecule has 1 aliphatic carbocycles. The van der Waals surface area contributed by atoms with Gasteiger partial charge in [-0.1, -0.05) is 121 Å². The number of carbonyl (C=O) groups is 3. The van der Waals surface area contributed by atoms with E-state index < -0.39 is 48.5 Å². The zero-order valence-electron chi connectivity index (χ0n) is 33.8. The predicted molar refractivity (Wildman–Crippen MR) is 229 cm³/mol. The molecule has 0 saturated heterocycles. The molecule has 7 nitrogen and oxygen atoms in total. The van der Waals surface area contributed by atoms with Gasteiger partial charge >= 0.3 is 17.9 Å². The number of benzene rings is 5. The number of allylic oxidation sites excluding steroid dienone is 2. The van der Waals surface area contributed by atoms with Gasteiger partial charge in [0.15, 0.2) is 6.61 Å². The zero-order chi connectivity index (χ0) is 42.3. The van der Waals surface area contributed by atoms with Gasteiger partial charge in [0.2, 0.25) is 0 Å². The maximum absolute atomic E-state index is 15.5. The Morgan fingerprint density at radius 3 is 1.70 bits per heavy atom. The molecular weight excluding hydrogens is 763 g/mol. The van der Waals surface area contributed by atoms with Crippen LogP contribution < -0.4 is 4.74 Å². The Kier molecular flexibility index (Phi) is 15.2. The predicted octanol–water partition coefficient (Wildman–Crippen LogP) is 11.7. The van der Waals surface area contributed by atoms with Crippen molar-refractivity contribution in [1.29, 1.82) is 0 Å². The molecule has 0 radical (unpaired) electrons. The lowest BCUT2D eigenvalue weighted by molar-refractivity contribution is -0.147. The van der Waals surface area contributed by atoms with E-state index in [2.05, 4.69) is 0 Å². The average Bonchev–Trinajstić information content (AvgIpc) is 3.58. The number of rotatable bonds is 18. The summed E-state index contributed by atoms with van der Waals surface area (Å²) < 4.78 is 53.9. The summed E-state index contributed by atoms with van der Waals surface area (Å²) in [5.41, 5.74) is 4.46. The summed E-state index contributed by atoms with van der Waals surface area (Å²) in [6.07, 6.45) is 5.88. The number of hydrogen-bond donors (Lipinski definition) is 0. The standard InChI is InChI=1S/C51H50F2O7/c1-36(2)58-48(54)23-15-4-3-14-22-44-45(32-33-51(52,53)35-57-43-20-12-7-13-21-43)47(60-50(56)42-30-26-40(27-31-42)38-18-10-6-11-19-38)34-46(44)59-49(55)41-28-24-39(25-29-41)37-16-8-5-9-17-37/h3,5-14,16-21,24-33,36,44-47H,4,15,22-23,34-35H2,1-2H3/b14-3-,33-32+/t44-,45+,46+,47-/m1/s1. The van der Waals surface area contributed by atoms with E-state index in [-0.39, 0.29) is 24.9 Å². The van der Waals surface area contributed by atoms with Gasteiger partial charge in [-0.15, -0.1) is 0 Å². The molecule has 0 heterocycles. The van der Waals surface area contributed by atoms with Crippen LogP contribution in [-0.4, -0.2) is 48.7 Å². The van der Waals surface area contributed by atoms with Crippen LogP contribution in [0, 0.1) is 11.8 Å². The molecule has 1 fully saturated rings. The number of hydrogen-bond acceptors (Lipinski definition) is 7. The van der Waals surface area contributed by atoms with E-state index in [1.165, 1.54) is 6.08 Å². The van der Waals surface area contributed by atoms with E-state index in [1.54, 1.807) is 68.4 Å². The highest BCUT2D eigenvalue weighted by Gasteiger charge is 2.46. The van der Waals surface area contributed by atoms with E-state index in [9.17, 15) is 14.4 Å². The Balaban J connectivity index is 1.24. The molecule has 5 aromatic rings. The molecule has 5 aromatic carbocycles. The molecule has 60 heavy (non-hydrogen) atoms. The summed E-state index contributed by atoms with van der Waals surface area (Å²) in [4.78, 5) is 39.6. The number of alkyl halides is 2. The van der Waals surface area contributed by atoms with Gasteiger partial charge in [-0.25, -0.2) is 9.59 Å². The second-order valence-electron chi connectivity index (χ2n) is 15.1. The van der Waals surface area contributed by atoms with Crippen LogP contribution in [0.4, 0.5) is 8.78 Å². The first-order chi connectivity index (χ1) is 29.0. The van der Waals surface area contributed by atoms with E-state index >= 15 is 8.78 Å². The summed E-state index contributed by atoms with van der Waals surface area (Å²) in [6, 6.07) is 41.9. The van der Waals surface area contributed by atoms with Gasteiger partial charge in [-0.3, -0.25) is 4.79 Å². The van der Waals surface area contributed by atoms with Crippen LogP contribution in [0.1, 0.15) is 66.7 Å². The van der Waals surface area contributed by atoms with Crippen molar-refractivity contribution >= 4 is 17.9 Å². The smallest absolute Gasteiger partial charge is 0.338 e. The molecule has 4 atom stereocenters. The van der Waals surface area contributed by atoms with Gasteiger partial charge in [0.25, 0.3) is 5.92 Å². The number of carbonyl (C=O) groups excluding carboxylic acids is 3. The minimum absolute atomic E-state index is 0.0856. The molecule has 0 unspecified atom stereocenters. The van der Waals surface area contributed by atoms with Crippen molar-refractivity contribution in [2.75, 3.05) is 6.61 Å². The van der Waals surface area contributed by atoms with Crippen molar-refractivity contribution in [2.24, 2.45) is 11.8 Å². The molecule has 6 rings (SSSR count). The minimum atomic E-state index is -3.38. The van der Waals surface area contributed by atoms with Crippen molar-refractivity contribution in [3.05, 3.63) is 175 Å². The summed E-state index contributed by atoms with van der Waals surface area (Å²) in [7, 11) is 0. The van der Waals surface area contributed by atoms with Crippen LogP contribution in [0.5, 0.6) is 5.75 Å². The lowest BCUT2D eigenvalue weighted by atomic mass is 9.89. The molecule has 1 saturated carbocycles. The van der Waals surface area contributed by atoms with E-state index in [1.807, 2.05) is 97.1 Å². The van der Waals surface area contributed by atoms with Crippen molar-refractivity contribution in [1.82, 2.24) is 0 Å². The van der Waals surface area contributed by atoms with Crippen LogP contribution in [-0.2, 0) is 19.0 Å². The van der Waals surface area contributed by atoms with Gasteiger partial charge in [0.1, 0.15) is 18.0 Å². The Morgan fingerprint density at radius 1 is 0.667 bits per heavy atom. The number of esters is 3. The van der Waals surface area contributed by atoms with Crippen LogP contribution in [0.25, 0.3) is 22.3 Å². The lowest BCUT2D eigenvalue weighted by Gasteiger charge is -2.24. The Hall–Kier alpha value is -6.35. The fraction of sp³-hybridized carbons (Fsp3) is 0.275. The fourth-order valence-corrected chi connectivity index (χ4v) is 7.25. The average molecular weight is 813 g/mol. The molecule has 0 aromatic heterocycles. The van der Waals surface area contributed by atoms with Crippen LogP contribution in [0.2, 0.25) is 0 Å². The Labute approximate surface area is 350 Å². The molecule has 1 aliphatic rings. The van der Waals surface area contributed by atoms with Crippen molar-refractivity contribution in [2.45, 2.75) is 70.2 Å². The normalized spacial score (nSPS) is 17.8. The third-order valence-corrected chi connectivity index (χ3v) is 10.3. The SMILES string of the molecule is CC(C)OC(=O)CCC/C=C\C[C@@H]1[C@H](/C=C/C(F)(F)COc2ccccc2)[C@H](OC(=O)c2ccc(-c3ccccc3)cc2)C[C@@H]1OC(=O)c1ccc(-c2ccccc2)cc1. The van der Waals surface area contributed by atoms with E-state index in [4.69, 9.17) is 18.9 Å². The first-order valence-electron chi connectivity index (χ1n) is 20.4. The second-order valence-corrected chi connectivity index (χ2v) is 15.1. The van der Waals surface area contributed by atoms with Crippen LogP contribution in [0.15, 0.2) is 164 Å². The highest BCUT2D eigenvalue weighted by molar-refractivity contribution is 5.91. The van der Waals surface area contributed by atoms with Gasteiger partial charge in [0, 0.05) is 24.7 Å². The summed E-state index contributed by atoms with van der Waals surface area (Å²) in [5, 5.41) is 0. The van der Waals surface area contributed by atoms with E-state index in [0.717, 1.165) is 28.3 Å². The molecule has 0 bridgehead atoms. The molecular formula is C51H50F2O7. The van der Waals surface area contributed by atoms with Crippen LogP contribution in [0.3, 0.4) is 0 Å². The third-order valence-electron chi connectivity index (χ3n) is 10.3. The number of para-hydroxylation sites is 1. The summed E-state index contributed by atoms with van der Waals surface area (Å²) in [6.45, 7) is 2.69. The van der Waals surface area contributed by atoms with Gasteiger partial charge in [-0.05, 0) is 97.8 Å². The largest absolute Gasteiger partial charge is 0.487 e. The monoisotopic (exact) mass is 812 g/mol. The fourth-order valence-electron chi connectivity index (χ4n) is 7.25. The molecule has 0 N–H and O–H groups in total. The lowest BCUT2D eigenvalue weighted by Crippen LogP contribution is -2.28. The van der Waals surface area contributed by atoms with E-state index in [0.29, 0.717) is 36.1 Å². The van der Waals surface area contributed by atoms with Gasteiger partial charge in [0.05, 0.1) is 17.2 Å². The second kappa shape index (κ2) is 21.1. The van der Waals surface area contributed by atoms with Gasteiger partial charge < -0.3 is 18.9 Å². The van der Waals surface area contributed by atoms with Crippen molar-refractivity contribution in [3.8, 4) is 28.0 Å². The Bertz CT molecular complexity index is 2190. The van der Waals surface area contributed by atoms with Crippen LogP contribution >= 0.6 is 0 Å². The van der Waals surface area contributed by atoms with Crippen molar-refractivity contribution in [3.63, 3.8) is 0 Å². The number of ether oxygens (including phenoxy) is 4. The topological polar surface area (TPSA) is 88.1 Å².